The molecule has 1 spiro atoms. The highest BCUT2D eigenvalue weighted by atomic mass is 16.5. The molecule has 1 aliphatic heterocycles. The van der Waals surface area contributed by atoms with E-state index in [1.54, 1.807) is 31.4 Å². The van der Waals surface area contributed by atoms with Crippen molar-refractivity contribution in [2.75, 3.05) is 12.0 Å². The van der Waals surface area contributed by atoms with E-state index >= 15 is 0 Å². The number of methoxy groups -OCH3 is 1. The number of allylic oxidation sites excluding steroid dienone is 3. The van der Waals surface area contributed by atoms with Crippen LogP contribution < -0.4 is 9.64 Å². The monoisotopic (exact) mass is 339 g/mol. The second-order valence-electron chi connectivity index (χ2n) is 7.34. The van der Waals surface area contributed by atoms with Crippen molar-refractivity contribution in [2.45, 2.75) is 33.6 Å². The van der Waals surface area contributed by atoms with Crippen molar-refractivity contribution in [3.05, 3.63) is 48.1 Å². The summed E-state index contributed by atoms with van der Waals surface area (Å²) < 4.78 is 5.16. The van der Waals surface area contributed by atoms with Gasteiger partial charge in [-0.25, -0.2) is 0 Å². The van der Waals surface area contributed by atoms with Crippen molar-refractivity contribution < 1.29 is 14.3 Å². The summed E-state index contributed by atoms with van der Waals surface area (Å²) in [6.45, 7) is 10.3. The van der Waals surface area contributed by atoms with Crippen LogP contribution in [0.3, 0.4) is 0 Å². The van der Waals surface area contributed by atoms with Gasteiger partial charge in [0.2, 0.25) is 11.8 Å². The number of hydrogen-bond donors (Lipinski definition) is 0. The van der Waals surface area contributed by atoms with Crippen LogP contribution >= 0.6 is 0 Å². The van der Waals surface area contributed by atoms with Crippen molar-refractivity contribution in [2.24, 2.45) is 17.3 Å². The number of rotatable bonds is 3. The molecule has 2 amide bonds. The normalized spacial score (nSPS) is 28.8. The Kier molecular flexibility index (Phi) is 4.31. The minimum absolute atomic E-state index is 0.0767. The number of imide groups is 1. The van der Waals surface area contributed by atoms with Gasteiger partial charge in [-0.3, -0.25) is 14.5 Å². The van der Waals surface area contributed by atoms with Crippen LogP contribution in [-0.4, -0.2) is 18.9 Å². The maximum atomic E-state index is 13.4. The fourth-order valence-corrected chi connectivity index (χ4v) is 4.70. The number of anilines is 1. The zero-order valence-corrected chi connectivity index (χ0v) is 15.3. The molecule has 0 bridgehead atoms. The molecule has 0 radical (unpaired) electrons. The number of amides is 2. The van der Waals surface area contributed by atoms with Crippen LogP contribution in [0.1, 0.15) is 33.6 Å². The topological polar surface area (TPSA) is 46.6 Å². The van der Waals surface area contributed by atoms with E-state index in [0.717, 1.165) is 0 Å². The number of nitrogens with zero attached hydrogens (tertiary/aromatic N) is 1. The smallest absolute Gasteiger partial charge is 0.241 e. The minimum atomic E-state index is -0.690. The first-order chi connectivity index (χ1) is 11.9. The van der Waals surface area contributed by atoms with E-state index < -0.39 is 5.41 Å². The SMILES string of the molecule is C=CC1C(=C(C)C)C(C)CC12CC(=O)N(c1ccc(OC)cc1)C2=O. The van der Waals surface area contributed by atoms with Gasteiger partial charge in [-0.05, 0) is 50.5 Å². The molecule has 2 fully saturated rings. The summed E-state index contributed by atoms with van der Waals surface area (Å²) in [7, 11) is 1.59. The van der Waals surface area contributed by atoms with Gasteiger partial charge in [0.25, 0.3) is 0 Å². The molecule has 25 heavy (non-hydrogen) atoms. The van der Waals surface area contributed by atoms with Gasteiger partial charge < -0.3 is 4.74 Å². The summed E-state index contributed by atoms with van der Waals surface area (Å²) in [5, 5.41) is 0. The van der Waals surface area contributed by atoms with Gasteiger partial charge in [-0.15, -0.1) is 6.58 Å². The summed E-state index contributed by atoms with van der Waals surface area (Å²) in [6, 6.07) is 7.06. The van der Waals surface area contributed by atoms with Crippen molar-refractivity contribution in [3.8, 4) is 5.75 Å². The molecule has 3 unspecified atom stereocenters. The predicted molar refractivity (Wildman–Crippen MR) is 98.4 cm³/mol. The Morgan fingerprint density at radius 2 is 1.92 bits per heavy atom. The zero-order valence-electron chi connectivity index (χ0n) is 15.3. The summed E-state index contributed by atoms with van der Waals surface area (Å²) in [5.74, 6) is 0.662. The lowest BCUT2D eigenvalue weighted by atomic mass is 9.75. The van der Waals surface area contributed by atoms with E-state index in [4.69, 9.17) is 4.74 Å². The van der Waals surface area contributed by atoms with E-state index in [-0.39, 0.29) is 30.1 Å². The average Bonchev–Trinajstić information content (AvgIpc) is 3.00. The largest absolute Gasteiger partial charge is 0.497 e. The summed E-state index contributed by atoms with van der Waals surface area (Å²) >= 11 is 0. The van der Waals surface area contributed by atoms with Crippen molar-refractivity contribution in [1.29, 1.82) is 0 Å². The Morgan fingerprint density at radius 1 is 1.28 bits per heavy atom. The van der Waals surface area contributed by atoms with Gasteiger partial charge in [-0.2, -0.15) is 0 Å². The molecular weight excluding hydrogens is 314 g/mol. The quantitative estimate of drug-likeness (QED) is 0.615. The third-order valence-electron chi connectivity index (χ3n) is 5.62. The number of carbonyl (C=O) groups is 2. The predicted octanol–water partition coefficient (Wildman–Crippen LogP) is 4.12. The number of benzene rings is 1. The maximum absolute atomic E-state index is 13.4. The highest BCUT2D eigenvalue weighted by Gasteiger charge is 2.60. The number of carbonyl (C=O) groups excluding carboxylic acids is 2. The number of hydrogen-bond acceptors (Lipinski definition) is 3. The van der Waals surface area contributed by atoms with Crippen LogP contribution in [0.2, 0.25) is 0 Å². The minimum Gasteiger partial charge on any atom is -0.497 e. The van der Waals surface area contributed by atoms with Gasteiger partial charge >= 0.3 is 0 Å². The molecule has 1 saturated heterocycles. The van der Waals surface area contributed by atoms with Gasteiger partial charge in [0, 0.05) is 12.3 Å². The van der Waals surface area contributed by atoms with E-state index in [0.29, 0.717) is 17.9 Å². The van der Waals surface area contributed by atoms with Crippen LogP contribution in [0.5, 0.6) is 5.75 Å². The lowest BCUT2D eigenvalue weighted by Crippen LogP contribution is -2.37. The molecule has 1 heterocycles. The third kappa shape index (κ3) is 2.51. The molecule has 3 atom stereocenters. The third-order valence-corrected chi connectivity index (χ3v) is 5.62. The number of ether oxygens (including phenoxy) is 1. The molecule has 1 aliphatic carbocycles. The first-order valence-electron chi connectivity index (χ1n) is 8.67. The van der Waals surface area contributed by atoms with Crippen molar-refractivity contribution in [3.63, 3.8) is 0 Å². The van der Waals surface area contributed by atoms with Gasteiger partial charge in [0.15, 0.2) is 0 Å². The van der Waals surface area contributed by atoms with Crippen LogP contribution in [0.25, 0.3) is 0 Å². The standard InChI is InChI=1S/C21H25NO3/c1-6-17-19(13(2)3)14(4)11-21(17)12-18(23)22(20(21)24)15-7-9-16(25-5)10-8-15/h6-10,14,17H,1,11-12H2,2-5H3. The molecule has 1 aromatic carbocycles. The molecule has 4 heteroatoms. The highest BCUT2D eigenvalue weighted by Crippen LogP contribution is 2.57. The van der Waals surface area contributed by atoms with Crippen LogP contribution in [0.15, 0.2) is 48.1 Å². The maximum Gasteiger partial charge on any atom is 0.241 e. The van der Waals surface area contributed by atoms with Crippen molar-refractivity contribution >= 4 is 17.5 Å². The van der Waals surface area contributed by atoms with E-state index in [1.807, 2.05) is 6.08 Å². The van der Waals surface area contributed by atoms with Crippen LogP contribution in [0.4, 0.5) is 5.69 Å². The van der Waals surface area contributed by atoms with Crippen molar-refractivity contribution in [1.82, 2.24) is 0 Å². The zero-order chi connectivity index (χ0) is 18.4. The average molecular weight is 339 g/mol. The Hall–Kier alpha value is -2.36. The lowest BCUT2D eigenvalue weighted by molar-refractivity contribution is -0.126. The molecular formula is C21H25NO3. The van der Waals surface area contributed by atoms with E-state index in [9.17, 15) is 9.59 Å². The molecule has 4 nitrogen and oxygen atoms in total. The summed E-state index contributed by atoms with van der Waals surface area (Å²) in [6.07, 6.45) is 2.80. The molecule has 2 aliphatic rings. The molecule has 0 N–H and O–H groups in total. The second kappa shape index (κ2) is 6.17. The Morgan fingerprint density at radius 3 is 2.44 bits per heavy atom. The Labute approximate surface area is 149 Å². The van der Waals surface area contributed by atoms with Crippen LogP contribution in [0, 0.1) is 17.3 Å². The molecule has 132 valence electrons. The second-order valence-corrected chi connectivity index (χ2v) is 7.34. The Balaban J connectivity index is 2.03. The fraction of sp³-hybridized carbons (Fsp3) is 0.429. The fourth-order valence-electron chi connectivity index (χ4n) is 4.70. The van der Waals surface area contributed by atoms with Gasteiger partial charge in [0.1, 0.15) is 5.75 Å². The van der Waals surface area contributed by atoms with E-state index in [1.165, 1.54) is 16.0 Å². The van der Waals surface area contributed by atoms with Gasteiger partial charge in [-0.1, -0.05) is 24.1 Å². The summed E-state index contributed by atoms with van der Waals surface area (Å²) in [5.41, 5.74) is 2.39. The summed E-state index contributed by atoms with van der Waals surface area (Å²) in [4.78, 5) is 27.5. The van der Waals surface area contributed by atoms with Crippen LogP contribution in [-0.2, 0) is 9.59 Å². The molecule has 3 rings (SSSR count). The lowest BCUT2D eigenvalue weighted by Gasteiger charge is -2.27. The molecule has 1 saturated carbocycles. The Bertz CT molecular complexity index is 758. The first kappa shape index (κ1) is 17.5. The molecule has 0 aromatic heterocycles. The molecule has 1 aromatic rings. The van der Waals surface area contributed by atoms with Gasteiger partial charge in [0.05, 0.1) is 18.2 Å². The highest BCUT2D eigenvalue weighted by molar-refractivity contribution is 6.23. The first-order valence-corrected chi connectivity index (χ1v) is 8.67. The van der Waals surface area contributed by atoms with E-state index in [2.05, 4.69) is 27.4 Å².